The number of esters is 1. The van der Waals surface area contributed by atoms with E-state index in [9.17, 15) is 4.79 Å². The van der Waals surface area contributed by atoms with Crippen molar-refractivity contribution in [3.63, 3.8) is 0 Å². The summed E-state index contributed by atoms with van der Waals surface area (Å²) in [5, 5.41) is 0. The molecule has 1 atom stereocenters. The van der Waals surface area contributed by atoms with Crippen molar-refractivity contribution in [2.75, 3.05) is 7.11 Å². The molecule has 0 radical (unpaired) electrons. The molecule has 0 saturated carbocycles. The van der Waals surface area contributed by atoms with Gasteiger partial charge in [0, 0.05) is 17.8 Å². The molecule has 0 aromatic carbocycles. The fraction of sp³-hybridized carbons (Fsp3) is 0.333. The van der Waals surface area contributed by atoms with E-state index < -0.39 is 0 Å². The molecule has 0 aliphatic rings. The molecule has 0 bridgehead atoms. The molecule has 0 amide bonds. The Morgan fingerprint density at radius 1 is 1.73 bits per heavy atom. The zero-order chi connectivity index (χ0) is 10.6. The summed E-state index contributed by atoms with van der Waals surface area (Å²) in [6, 6.07) is 3.22. The second-order valence-electron chi connectivity index (χ2n) is 2.77. The van der Waals surface area contributed by atoms with Crippen molar-refractivity contribution in [2.24, 2.45) is 5.73 Å². The lowest BCUT2D eigenvalue weighted by molar-refractivity contribution is -0.141. The van der Waals surface area contributed by atoms with Gasteiger partial charge in [-0.25, -0.2) is 4.98 Å². The van der Waals surface area contributed by atoms with Crippen molar-refractivity contribution in [3.8, 4) is 0 Å². The molecule has 0 saturated heterocycles. The number of pyridine rings is 1. The minimum atomic E-state index is -0.384. The molecular formula is C9H12BrClN2O2. The van der Waals surface area contributed by atoms with Gasteiger partial charge in [0.15, 0.2) is 0 Å². The zero-order valence-electron chi connectivity index (χ0n) is 8.14. The standard InChI is InChI=1S/C9H11BrN2O2.ClH/c1-14-8(13)5-7(11)6-3-2-4-12-9(6)10;/h2-4,7H,5,11H2,1H3;1H/t7-;/m0./s1. The summed E-state index contributed by atoms with van der Waals surface area (Å²) in [6.45, 7) is 0. The average molecular weight is 296 g/mol. The molecule has 0 aliphatic heterocycles. The third-order valence-electron chi connectivity index (χ3n) is 1.80. The van der Waals surface area contributed by atoms with Crippen molar-refractivity contribution in [2.45, 2.75) is 12.5 Å². The Balaban J connectivity index is 0.00000196. The molecule has 1 rings (SSSR count). The lowest BCUT2D eigenvalue weighted by Crippen LogP contribution is -2.17. The van der Waals surface area contributed by atoms with Crippen LogP contribution in [0.15, 0.2) is 22.9 Å². The highest BCUT2D eigenvalue weighted by atomic mass is 79.9. The smallest absolute Gasteiger partial charge is 0.307 e. The molecular weight excluding hydrogens is 283 g/mol. The van der Waals surface area contributed by atoms with Crippen LogP contribution in [-0.4, -0.2) is 18.1 Å². The Morgan fingerprint density at radius 2 is 2.40 bits per heavy atom. The van der Waals surface area contributed by atoms with Crippen molar-refractivity contribution in [1.29, 1.82) is 0 Å². The van der Waals surface area contributed by atoms with Gasteiger partial charge < -0.3 is 10.5 Å². The number of hydrogen-bond acceptors (Lipinski definition) is 4. The number of carbonyl (C=O) groups excluding carboxylic acids is 1. The van der Waals surface area contributed by atoms with Crippen LogP contribution in [0.1, 0.15) is 18.0 Å². The summed E-state index contributed by atoms with van der Waals surface area (Å²) < 4.78 is 5.19. The Bertz CT molecular complexity index is 336. The quantitative estimate of drug-likeness (QED) is 0.682. The van der Waals surface area contributed by atoms with Gasteiger partial charge in [-0.15, -0.1) is 12.4 Å². The van der Waals surface area contributed by atoms with E-state index in [0.717, 1.165) is 5.56 Å². The van der Waals surface area contributed by atoms with Gasteiger partial charge in [0.2, 0.25) is 0 Å². The SMILES string of the molecule is COC(=O)C[C@H](N)c1cccnc1Br.Cl. The maximum Gasteiger partial charge on any atom is 0.307 e. The molecule has 0 fully saturated rings. The number of hydrogen-bond donors (Lipinski definition) is 1. The molecule has 2 N–H and O–H groups in total. The highest BCUT2D eigenvalue weighted by molar-refractivity contribution is 9.10. The summed E-state index contributed by atoms with van der Waals surface area (Å²) >= 11 is 3.27. The number of methoxy groups -OCH3 is 1. The van der Waals surface area contributed by atoms with Gasteiger partial charge in [-0.05, 0) is 22.0 Å². The first-order valence-corrected chi connectivity index (χ1v) is 4.87. The third kappa shape index (κ3) is 4.15. The fourth-order valence-corrected chi connectivity index (χ4v) is 1.59. The average Bonchev–Trinajstić information content (AvgIpc) is 2.18. The summed E-state index contributed by atoms with van der Waals surface area (Å²) in [5.41, 5.74) is 6.61. The first kappa shape index (κ1) is 14.3. The van der Waals surface area contributed by atoms with Gasteiger partial charge in [0.05, 0.1) is 13.5 Å². The van der Waals surface area contributed by atoms with Crippen LogP contribution in [0.3, 0.4) is 0 Å². The molecule has 0 aliphatic carbocycles. The van der Waals surface area contributed by atoms with E-state index in [0.29, 0.717) is 4.60 Å². The predicted molar refractivity (Wildman–Crippen MR) is 62.7 cm³/mol. The first-order chi connectivity index (χ1) is 6.65. The van der Waals surface area contributed by atoms with E-state index in [2.05, 4.69) is 25.7 Å². The normalized spacial score (nSPS) is 11.4. The van der Waals surface area contributed by atoms with Gasteiger partial charge in [0.1, 0.15) is 4.60 Å². The van der Waals surface area contributed by atoms with Gasteiger partial charge in [-0.1, -0.05) is 6.07 Å². The van der Waals surface area contributed by atoms with E-state index in [1.54, 1.807) is 12.3 Å². The monoisotopic (exact) mass is 294 g/mol. The van der Waals surface area contributed by atoms with Crippen molar-refractivity contribution < 1.29 is 9.53 Å². The number of aromatic nitrogens is 1. The van der Waals surface area contributed by atoms with Crippen molar-refractivity contribution in [3.05, 3.63) is 28.5 Å². The van der Waals surface area contributed by atoms with Crippen molar-refractivity contribution in [1.82, 2.24) is 4.98 Å². The number of halogens is 2. The Morgan fingerprint density at radius 3 is 2.93 bits per heavy atom. The van der Waals surface area contributed by atoms with Gasteiger partial charge in [0.25, 0.3) is 0 Å². The van der Waals surface area contributed by atoms with E-state index in [-0.39, 0.29) is 30.8 Å². The molecule has 0 spiro atoms. The first-order valence-electron chi connectivity index (χ1n) is 4.08. The Labute approximate surface area is 103 Å². The predicted octanol–water partition coefficient (Wildman–Crippen LogP) is 1.83. The Hall–Kier alpha value is -0.650. The van der Waals surface area contributed by atoms with Gasteiger partial charge in [-0.3, -0.25) is 4.79 Å². The molecule has 1 heterocycles. The fourth-order valence-electron chi connectivity index (χ4n) is 1.05. The van der Waals surface area contributed by atoms with Crippen LogP contribution in [0.25, 0.3) is 0 Å². The summed E-state index contributed by atoms with van der Waals surface area (Å²) in [7, 11) is 1.34. The van der Waals surface area contributed by atoms with E-state index in [1.165, 1.54) is 7.11 Å². The number of nitrogens with two attached hydrogens (primary N) is 1. The molecule has 15 heavy (non-hydrogen) atoms. The molecule has 84 valence electrons. The van der Waals surface area contributed by atoms with Crippen LogP contribution >= 0.6 is 28.3 Å². The number of rotatable bonds is 3. The third-order valence-corrected chi connectivity index (χ3v) is 2.46. The largest absolute Gasteiger partial charge is 0.469 e. The summed E-state index contributed by atoms with van der Waals surface area (Å²) in [4.78, 5) is 15.0. The zero-order valence-corrected chi connectivity index (χ0v) is 10.5. The second kappa shape index (κ2) is 6.76. The minimum Gasteiger partial charge on any atom is -0.469 e. The minimum absolute atomic E-state index is 0. The van der Waals surface area contributed by atoms with E-state index in [1.807, 2.05) is 6.07 Å². The van der Waals surface area contributed by atoms with Crippen LogP contribution in [0.4, 0.5) is 0 Å². The van der Waals surface area contributed by atoms with Crippen LogP contribution in [0, 0.1) is 0 Å². The summed E-state index contributed by atoms with van der Waals surface area (Å²) in [5.74, 6) is -0.326. The lowest BCUT2D eigenvalue weighted by Gasteiger charge is -2.11. The number of carbonyl (C=O) groups is 1. The Kier molecular flexibility index (Phi) is 6.47. The highest BCUT2D eigenvalue weighted by Crippen LogP contribution is 2.21. The van der Waals surface area contributed by atoms with Gasteiger partial charge in [-0.2, -0.15) is 0 Å². The van der Waals surface area contributed by atoms with Crippen LogP contribution in [0.2, 0.25) is 0 Å². The van der Waals surface area contributed by atoms with Crippen molar-refractivity contribution >= 4 is 34.3 Å². The van der Waals surface area contributed by atoms with E-state index in [4.69, 9.17) is 5.73 Å². The number of nitrogens with zero attached hydrogens (tertiary/aromatic N) is 1. The summed E-state index contributed by atoms with van der Waals surface area (Å²) in [6.07, 6.45) is 1.80. The topological polar surface area (TPSA) is 65.2 Å². The molecule has 1 aromatic heterocycles. The maximum absolute atomic E-state index is 11.0. The van der Waals surface area contributed by atoms with Gasteiger partial charge >= 0.3 is 5.97 Å². The lowest BCUT2D eigenvalue weighted by atomic mass is 10.1. The van der Waals surface area contributed by atoms with E-state index >= 15 is 0 Å². The van der Waals surface area contributed by atoms with Crippen LogP contribution in [0.5, 0.6) is 0 Å². The molecule has 6 heteroatoms. The molecule has 4 nitrogen and oxygen atoms in total. The van der Waals surface area contributed by atoms with Crippen LogP contribution in [-0.2, 0) is 9.53 Å². The maximum atomic E-state index is 11.0. The molecule has 1 aromatic rings. The second-order valence-corrected chi connectivity index (χ2v) is 3.52. The number of ether oxygens (including phenoxy) is 1. The highest BCUT2D eigenvalue weighted by Gasteiger charge is 2.14. The molecule has 0 unspecified atom stereocenters. The van der Waals surface area contributed by atoms with Crippen LogP contribution < -0.4 is 5.73 Å².